The number of nitrogens with one attached hydrogen (secondary N) is 2. The minimum atomic E-state index is -0.692. The van der Waals surface area contributed by atoms with E-state index >= 15 is 0 Å². The normalized spacial score (nSPS) is 13.4. The van der Waals surface area contributed by atoms with Gasteiger partial charge >= 0.3 is 0 Å². The molecule has 6 aromatic rings. The van der Waals surface area contributed by atoms with Crippen LogP contribution in [0.4, 0.5) is 0 Å². The molecule has 0 bridgehead atoms. The molecule has 0 saturated carbocycles. The van der Waals surface area contributed by atoms with Gasteiger partial charge in [0.1, 0.15) is 0 Å². The Morgan fingerprint density at radius 3 is 1.50 bits per heavy atom. The summed E-state index contributed by atoms with van der Waals surface area (Å²) in [4.78, 5) is 8.75. The van der Waals surface area contributed by atoms with Crippen LogP contribution in [0.5, 0.6) is 0 Å². The maximum Gasteiger partial charge on any atom is 0.0837 e. The second-order valence-corrected chi connectivity index (χ2v) is 13.9. The second kappa shape index (κ2) is 22.4. The number of nitrogens with two attached hydrogens (primary N) is 2. The lowest BCUT2D eigenvalue weighted by molar-refractivity contribution is 0.0586. The Morgan fingerprint density at radius 2 is 1.04 bits per heavy atom. The van der Waals surface area contributed by atoms with Crippen molar-refractivity contribution in [1.82, 2.24) is 30.7 Å². The minimum Gasteiger partial charge on any atom is -0.390 e. The third kappa shape index (κ3) is 13.6. The number of hydrazine groups is 2. The monoisotopic (exact) mass is 752 g/mol. The van der Waals surface area contributed by atoms with Gasteiger partial charge in [-0.25, -0.2) is 10.0 Å². The fourth-order valence-corrected chi connectivity index (χ4v) is 6.43. The molecule has 0 aliphatic rings. The molecule has 8 N–H and O–H groups in total. The number of hydrogen-bond acceptors (Lipinski definition) is 10. The molecule has 2 heterocycles. The van der Waals surface area contributed by atoms with E-state index in [1.807, 2.05) is 128 Å². The summed E-state index contributed by atoms with van der Waals surface area (Å²) in [5.41, 5.74) is 18.0. The Morgan fingerprint density at radius 1 is 0.554 bits per heavy atom. The average Bonchev–Trinajstić information content (AvgIpc) is 3.24. The number of aromatic nitrogens is 2. The van der Waals surface area contributed by atoms with Gasteiger partial charge in [0.05, 0.1) is 23.6 Å². The largest absolute Gasteiger partial charge is 0.390 e. The zero-order chi connectivity index (χ0) is 39.5. The molecule has 0 radical (unpaired) electrons. The smallest absolute Gasteiger partial charge is 0.0837 e. The summed E-state index contributed by atoms with van der Waals surface area (Å²) in [6, 6.07) is 48.1. The molecule has 56 heavy (non-hydrogen) atoms. The summed E-state index contributed by atoms with van der Waals surface area (Å²) >= 11 is 0. The van der Waals surface area contributed by atoms with Crippen LogP contribution in [-0.2, 0) is 25.9 Å². The number of pyridine rings is 2. The summed E-state index contributed by atoms with van der Waals surface area (Å²) in [5.74, 6) is 6.09. The summed E-state index contributed by atoms with van der Waals surface area (Å²) in [7, 11) is 3.79. The molecule has 292 valence electrons. The minimum absolute atomic E-state index is 0.0141. The number of likely N-dealkylation sites (N-methyl/N-ethyl adjacent to an activating group) is 1. The zero-order valence-electron chi connectivity index (χ0n) is 32.4. The van der Waals surface area contributed by atoms with Crippen LogP contribution in [0.2, 0.25) is 0 Å². The van der Waals surface area contributed by atoms with Crippen molar-refractivity contribution in [3.63, 3.8) is 0 Å². The molecule has 0 saturated heterocycles. The molecule has 10 heteroatoms. The number of rotatable bonds is 18. The Bertz CT molecular complexity index is 1940. The van der Waals surface area contributed by atoms with E-state index in [1.165, 1.54) is 11.1 Å². The predicted molar refractivity (Wildman–Crippen MR) is 227 cm³/mol. The Labute approximate surface area is 331 Å². The van der Waals surface area contributed by atoms with E-state index < -0.39 is 12.2 Å². The van der Waals surface area contributed by atoms with Crippen molar-refractivity contribution in [3.8, 4) is 22.5 Å². The first-order valence-electron chi connectivity index (χ1n) is 19.1. The first kappa shape index (κ1) is 42.0. The maximum atomic E-state index is 10.8. The van der Waals surface area contributed by atoms with Crippen molar-refractivity contribution in [3.05, 3.63) is 180 Å². The lowest BCUT2D eigenvalue weighted by atomic mass is 10.0. The van der Waals surface area contributed by atoms with E-state index in [1.54, 1.807) is 17.4 Å². The van der Waals surface area contributed by atoms with Crippen LogP contribution in [0, 0.1) is 0 Å². The van der Waals surface area contributed by atoms with E-state index in [2.05, 4.69) is 57.1 Å². The van der Waals surface area contributed by atoms with Crippen molar-refractivity contribution in [2.24, 2.45) is 11.6 Å². The molecule has 0 spiro atoms. The first-order valence-corrected chi connectivity index (χ1v) is 19.1. The van der Waals surface area contributed by atoms with E-state index in [4.69, 9.17) is 11.6 Å². The number of nitrogens with zero attached hydrogens (tertiary/aromatic N) is 4. The molecule has 6 rings (SSSR count). The van der Waals surface area contributed by atoms with Gasteiger partial charge in [0.15, 0.2) is 0 Å². The highest BCUT2D eigenvalue weighted by molar-refractivity contribution is 5.59. The molecule has 4 aromatic carbocycles. The lowest BCUT2D eigenvalue weighted by Crippen LogP contribution is -2.49. The van der Waals surface area contributed by atoms with Gasteiger partial charge in [-0.3, -0.25) is 21.2 Å². The van der Waals surface area contributed by atoms with Crippen LogP contribution in [0.1, 0.15) is 22.3 Å². The van der Waals surface area contributed by atoms with Gasteiger partial charge in [0, 0.05) is 61.8 Å². The molecule has 0 aliphatic carbocycles. The van der Waals surface area contributed by atoms with Crippen molar-refractivity contribution in [2.75, 3.05) is 27.2 Å². The third-order valence-corrected chi connectivity index (χ3v) is 9.68. The highest BCUT2D eigenvalue weighted by atomic mass is 16.3. The quantitative estimate of drug-likeness (QED) is 0.0510. The Balaban J connectivity index is 0.000000215. The van der Waals surface area contributed by atoms with Gasteiger partial charge in [-0.05, 0) is 73.5 Å². The van der Waals surface area contributed by atoms with Gasteiger partial charge in [0.25, 0.3) is 0 Å². The summed E-state index contributed by atoms with van der Waals surface area (Å²) in [5, 5.41) is 28.1. The number of aliphatic hydroxyl groups excluding tert-OH is 2. The fraction of sp³-hybridized carbons (Fsp3) is 0.261. The second-order valence-electron chi connectivity index (χ2n) is 13.9. The molecular weight excluding hydrogens is 697 g/mol. The molecule has 2 unspecified atom stereocenters. The van der Waals surface area contributed by atoms with Crippen LogP contribution < -0.4 is 22.3 Å². The Hall–Kier alpha value is -5.14. The predicted octanol–water partition coefficient (Wildman–Crippen LogP) is 5.23. The summed E-state index contributed by atoms with van der Waals surface area (Å²) in [6.07, 6.45) is 3.80. The number of aliphatic hydroxyl groups is 2. The van der Waals surface area contributed by atoms with Crippen molar-refractivity contribution >= 4 is 0 Å². The van der Waals surface area contributed by atoms with Crippen molar-refractivity contribution in [1.29, 1.82) is 0 Å². The number of benzene rings is 4. The molecule has 10 nitrogen and oxygen atoms in total. The van der Waals surface area contributed by atoms with Crippen LogP contribution in [0.25, 0.3) is 22.5 Å². The SMILES string of the molecule is CNC(Cc1ccccc1)[C@@H](O)CN(Cc1ccc(-c2ccccn2)cc1)NC.NC(Cc1ccccc1)[C@@H](O)CN(N)Cc1ccc(-c2ccccn2)cc1. The molecule has 0 aliphatic heterocycles. The van der Waals surface area contributed by atoms with Crippen molar-refractivity contribution < 1.29 is 10.2 Å². The van der Waals surface area contributed by atoms with Crippen LogP contribution >= 0.6 is 0 Å². The third-order valence-electron chi connectivity index (χ3n) is 9.68. The number of hydrogen-bond donors (Lipinski definition) is 6. The van der Waals surface area contributed by atoms with Gasteiger partial charge in [-0.1, -0.05) is 121 Å². The maximum absolute atomic E-state index is 10.8. The zero-order valence-corrected chi connectivity index (χ0v) is 32.4. The Kier molecular flexibility index (Phi) is 16.8. The van der Waals surface area contributed by atoms with Crippen LogP contribution in [-0.4, -0.2) is 81.7 Å². The van der Waals surface area contributed by atoms with Gasteiger partial charge in [-0.2, -0.15) is 0 Å². The van der Waals surface area contributed by atoms with E-state index in [0.29, 0.717) is 32.6 Å². The van der Waals surface area contributed by atoms with E-state index in [9.17, 15) is 10.2 Å². The first-order chi connectivity index (χ1) is 27.3. The van der Waals surface area contributed by atoms with Gasteiger partial charge < -0.3 is 21.3 Å². The van der Waals surface area contributed by atoms with E-state index in [0.717, 1.165) is 40.1 Å². The van der Waals surface area contributed by atoms with Gasteiger partial charge in [-0.15, -0.1) is 0 Å². The molecular formula is C46H56N8O2. The molecule has 4 atom stereocenters. The molecule has 0 amide bonds. The highest BCUT2D eigenvalue weighted by Gasteiger charge is 2.21. The summed E-state index contributed by atoms with van der Waals surface area (Å²) < 4.78 is 0. The van der Waals surface area contributed by atoms with Crippen LogP contribution in [0.15, 0.2) is 158 Å². The fourth-order valence-electron chi connectivity index (χ4n) is 6.43. The highest BCUT2D eigenvalue weighted by Crippen LogP contribution is 2.19. The topological polar surface area (TPSA) is 149 Å². The molecule has 2 aromatic heterocycles. The lowest BCUT2D eigenvalue weighted by Gasteiger charge is -2.29. The van der Waals surface area contributed by atoms with E-state index in [-0.39, 0.29) is 12.1 Å². The van der Waals surface area contributed by atoms with Crippen molar-refractivity contribution in [2.45, 2.75) is 50.2 Å². The van der Waals surface area contributed by atoms with Gasteiger partial charge in [0.2, 0.25) is 0 Å². The molecule has 0 fully saturated rings. The van der Waals surface area contributed by atoms with Crippen LogP contribution in [0.3, 0.4) is 0 Å². The standard InChI is InChI=1S/C24H30N4O.C22H26N4O/c1-25-23(16-19-8-4-3-5-9-19)24(29)18-28(26-2)17-20-11-13-21(14-12-20)22-10-6-7-15-27-22;23-20(14-17-6-2-1-3-7-17)22(27)16-26(24)15-18-9-11-19(12-10-18)21-8-4-5-13-25-21/h3-15,23-26,29H,16-18H2,1-2H3;1-13,20,22,27H,14-16,23-24H2/t23?,24-;20?,22-/m00/s1. The average molecular weight is 753 g/mol. The summed E-state index contributed by atoms with van der Waals surface area (Å²) in [6.45, 7) is 2.09.